The number of hydrogen-bond acceptors (Lipinski definition) is 3. The van der Waals surface area contributed by atoms with Crippen LogP contribution in [-0.2, 0) is 0 Å². The van der Waals surface area contributed by atoms with E-state index in [9.17, 15) is 27.4 Å². The topological polar surface area (TPSA) is 38.9 Å². The Morgan fingerprint density at radius 1 is 0.299 bits per heavy atom. The summed E-state index contributed by atoms with van der Waals surface area (Å²) in [5, 5.41) is -6.73. The van der Waals surface area contributed by atoms with Crippen LogP contribution in [0.1, 0.15) is 54.8 Å². The molecule has 3 aromatic heterocycles. The standard InChI is InChI=1S/C64H40N2O/c1-4-17-42(18-5-1)57-52-26-12-14-28-54(52)60(55-29-15-13-27-53(55)57)64-59(44-21-8-3-9-22-44)58(43-19-6-2-7-20-43)63(67-64)47-34-30-41(31-35-47)48-37-38-51(50-25-11-10-24-49(48)50)56-39-36-46-33-32-45-23-16-40-65-61(45)62(46)66-56/h1-40H/i1D,2D,3D,4D,5D,6D,7D,8D,9D,10D,11D,12D,13D,14D,15D,16D,17D,18D,19D,20D,21D,22D,23D,24D,25D,26D,27D,28D,29D,30D,31D,32D,33D,34D,35D,36D,37D,38D,39D,40D. The van der Waals surface area contributed by atoms with E-state index in [1.165, 1.54) is 0 Å². The molecule has 0 N–H and O–H groups in total. The maximum atomic E-state index is 10.1. The van der Waals surface area contributed by atoms with Crippen molar-refractivity contribution in [1.29, 1.82) is 0 Å². The zero-order valence-electron chi connectivity index (χ0n) is 73.3. The van der Waals surface area contributed by atoms with Gasteiger partial charge in [0.25, 0.3) is 0 Å². The predicted octanol–water partition coefficient (Wildman–Crippen LogP) is 17.5. The zero-order valence-corrected chi connectivity index (χ0v) is 33.3. The molecule has 3 heteroatoms. The average molecular weight is 893 g/mol. The van der Waals surface area contributed by atoms with Gasteiger partial charge >= 0.3 is 0 Å². The molecular weight excluding hydrogens is 813 g/mol. The summed E-state index contributed by atoms with van der Waals surface area (Å²) >= 11 is 0. The largest absolute Gasteiger partial charge is 0.455 e. The Labute approximate surface area is 444 Å². The van der Waals surface area contributed by atoms with Crippen molar-refractivity contribution in [3.63, 3.8) is 0 Å². The van der Waals surface area contributed by atoms with Crippen LogP contribution in [0.2, 0.25) is 0 Å². The van der Waals surface area contributed by atoms with Crippen LogP contribution < -0.4 is 0 Å². The van der Waals surface area contributed by atoms with Gasteiger partial charge in [-0.2, -0.15) is 0 Å². The first-order valence-corrected chi connectivity index (χ1v) is 19.6. The van der Waals surface area contributed by atoms with Crippen molar-refractivity contribution in [2.45, 2.75) is 0 Å². The van der Waals surface area contributed by atoms with E-state index in [0.717, 1.165) is 0 Å². The monoisotopic (exact) mass is 893 g/mol. The molecule has 13 rings (SSSR count). The summed E-state index contributed by atoms with van der Waals surface area (Å²) in [6, 6.07) is -44.4. The summed E-state index contributed by atoms with van der Waals surface area (Å²) in [6.45, 7) is 0. The highest BCUT2D eigenvalue weighted by Gasteiger charge is 2.28. The molecule has 0 aliphatic rings. The summed E-state index contributed by atoms with van der Waals surface area (Å²) in [6.07, 6.45) is -0.843. The quantitative estimate of drug-likeness (QED) is 0.118. The highest BCUT2D eigenvalue weighted by molar-refractivity contribution is 6.23. The van der Waals surface area contributed by atoms with E-state index in [4.69, 9.17) is 31.8 Å². The fourth-order valence-electron chi connectivity index (χ4n) is 7.77. The lowest BCUT2D eigenvalue weighted by Crippen LogP contribution is -1.91. The van der Waals surface area contributed by atoms with E-state index in [2.05, 4.69) is 9.97 Å². The Kier molecular flexibility index (Phi) is 3.72. The molecule has 0 saturated heterocycles. The molecule has 3 heterocycles. The highest BCUT2D eigenvalue weighted by atomic mass is 16.3. The third kappa shape index (κ3) is 6.43. The summed E-state index contributed by atoms with van der Waals surface area (Å²) in [4.78, 5) is 8.47. The lowest BCUT2D eigenvalue weighted by atomic mass is 9.85. The molecule has 0 saturated carbocycles. The van der Waals surface area contributed by atoms with E-state index in [1.54, 1.807) is 0 Å². The minimum Gasteiger partial charge on any atom is -0.455 e. The Hall–Kier alpha value is -8.92. The summed E-state index contributed by atoms with van der Waals surface area (Å²) in [5.41, 5.74) is -13.6. The van der Waals surface area contributed by atoms with Gasteiger partial charge < -0.3 is 4.42 Å². The van der Waals surface area contributed by atoms with Gasteiger partial charge in [0.2, 0.25) is 0 Å². The van der Waals surface area contributed by atoms with Gasteiger partial charge in [0.1, 0.15) is 11.5 Å². The molecule has 0 aliphatic heterocycles. The van der Waals surface area contributed by atoms with Gasteiger partial charge in [-0.15, -0.1) is 0 Å². The Morgan fingerprint density at radius 3 is 1.34 bits per heavy atom. The second kappa shape index (κ2) is 16.0. The molecule has 0 spiro atoms. The zero-order chi connectivity index (χ0) is 79.1. The first-order chi connectivity index (χ1) is 49.9. The number of rotatable bonds is 7. The number of benzene rings is 10. The van der Waals surface area contributed by atoms with Gasteiger partial charge in [-0.3, -0.25) is 4.98 Å². The van der Waals surface area contributed by atoms with Crippen molar-refractivity contribution < 1.29 is 59.2 Å². The number of pyridine rings is 2. The fourth-order valence-corrected chi connectivity index (χ4v) is 7.77. The van der Waals surface area contributed by atoms with E-state index in [-0.39, 0.29) is 0 Å². The molecule has 67 heavy (non-hydrogen) atoms. The Bertz CT molecular complexity index is 6250. The van der Waals surface area contributed by atoms with Crippen molar-refractivity contribution in [2.24, 2.45) is 0 Å². The third-order valence-corrected chi connectivity index (χ3v) is 10.6. The Balaban J connectivity index is 1.27. The van der Waals surface area contributed by atoms with Gasteiger partial charge in [0, 0.05) is 44.8 Å². The van der Waals surface area contributed by atoms with Gasteiger partial charge in [-0.1, -0.05) is 224 Å². The maximum Gasteiger partial charge on any atom is 0.144 e. The molecule has 0 aliphatic carbocycles. The minimum atomic E-state index is -1.41. The summed E-state index contributed by atoms with van der Waals surface area (Å²) in [7, 11) is 0. The number of nitrogens with zero attached hydrogens (tertiary/aromatic N) is 2. The van der Waals surface area contributed by atoms with E-state index in [1.807, 2.05) is 0 Å². The van der Waals surface area contributed by atoms with Crippen LogP contribution in [0.15, 0.2) is 246 Å². The summed E-state index contributed by atoms with van der Waals surface area (Å²) in [5.74, 6) is -2.54. The number of hydrogen-bond donors (Lipinski definition) is 0. The molecule has 0 fully saturated rings. The normalized spacial score (nSPS) is 19.9. The lowest BCUT2D eigenvalue weighted by molar-refractivity contribution is 0.600. The van der Waals surface area contributed by atoms with Crippen molar-refractivity contribution in [2.75, 3.05) is 0 Å². The Morgan fingerprint density at radius 2 is 0.746 bits per heavy atom. The van der Waals surface area contributed by atoms with Crippen molar-refractivity contribution in [3.05, 3.63) is 242 Å². The van der Waals surface area contributed by atoms with Crippen LogP contribution in [0.5, 0.6) is 0 Å². The molecule has 13 aromatic rings. The number of fused-ring (bicyclic) bond motifs is 6. The van der Waals surface area contributed by atoms with Crippen LogP contribution in [0.25, 0.3) is 133 Å². The fraction of sp³-hybridized carbons (Fsp3) is 0. The molecule has 0 atom stereocenters. The lowest BCUT2D eigenvalue weighted by Gasteiger charge is -2.17. The molecule has 3 nitrogen and oxygen atoms in total. The second-order valence-corrected chi connectivity index (χ2v) is 14.1. The van der Waals surface area contributed by atoms with Crippen LogP contribution in [0, 0.1) is 0 Å². The number of furan rings is 1. The van der Waals surface area contributed by atoms with E-state index in [0.29, 0.717) is 0 Å². The van der Waals surface area contributed by atoms with Gasteiger partial charge in [-0.25, -0.2) is 4.98 Å². The van der Waals surface area contributed by atoms with Crippen LogP contribution in [0.3, 0.4) is 0 Å². The predicted molar refractivity (Wildman–Crippen MR) is 280 cm³/mol. The van der Waals surface area contributed by atoms with E-state index >= 15 is 0 Å². The van der Waals surface area contributed by atoms with Crippen molar-refractivity contribution in [1.82, 2.24) is 9.97 Å². The molecule has 0 bridgehead atoms. The van der Waals surface area contributed by atoms with Crippen LogP contribution in [-0.4, -0.2) is 9.97 Å². The average Bonchev–Trinajstić information content (AvgIpc) is 1.68. The highest BCUT2D eigenvalue weighted by Crippen LogP contribution is 2.53. The minimum absolute atomic E-state index is 0.519. The SMILES string of the molecule is [2H]c1nc2c(c([2H])c1[2H])c([2H])c([2H])c1c([2H])c([2H])c(-c3c([2H])c([2H])c(-c4c([2H])c([2H])c(-c5oc(-c6c7c([2H])c([2H])c([2H])c([2H])c7c(-c7c([2H])c([2H])c([2H])c([2H])c7[2H])c7c([2H])c([2H])c([2H])c([2H])c67)c(-c6c([2H])c([2H])c([2H])c([2H])c6[2H])c5-c5c([2H])c([2H])c([2H])c([2H])c5[2H])c([2H])c4[2H])c4c([2H])c([2H])c([2H])c([2H])c34)nc12. The summed E-state index contributed by atoms with van der Waals surface area (Å²) < 4.78 is 376. The molecule has 0 radical (unpaired) electrons. The van der Waals surface area contributed by atoms with Gasteiger partial charge in [0.05, 0.1) is 71.6 Å². The van der Waals surface area contributed by atoms with Crippen molar-refractivity contribution in [3.8, 4) is 78.4 Å². The third-order valence-electron chi connectivity index (χ3n) is 10.6. The van der Waals surface area contributed by atoms with E-state index < -0.39 is 374 Å². The molecule has 0 unspecified atom stereocenters. The first-order valence-electron chi connectivity index (χ1n) is 39.6. The number of aromatic nitrogens is 2. The second-order valence-electron chi connectivity index (χ2n) is 14.1. The first kappa shape index (κ1) is 15.6. The van der Waals surface area contributed by atoms with Crippen LogP contribution in [0.4, 0.5) is 0 Å². The van der Waals surface area contributed by atoms with Gasteiger partial charge in [0.15, 0.2) is 0 Å². The van der Waals surface area contributed by atoms with Crippen LogP contribution >= 0.6 is 0 Å². The maximum absolute atomic E-state index is 10.1. The smallest absolute Gasteiger partial charge is 0.144 e. The van der Waals surface area contributed by atoms with Crippen molar-refractivity contribution >= 4 is 54.1 Å². The molecule has 312 valence electrons. The molecule has 10 aromatic carbocycles. The molecule has 0 amide bonds. The van der Waals surface area contributed by atoms with Gasteiger partial charge in [-0.05, 0) is 77.8 Å². The molecular formula is C64H40N2O.